The van der Waals surface area contributed by atoms with Gasteiger partial charge in [-0.15, -0.1) is 0 Å². The second-order valence-electron chi connectivity index (χ2n) is 3.17. The lowest BCUT2D eigenvalue weighted by atomic mass is 10.1. The van der Waals surface area contributed by atoms with Crippen molar-refractivity contribution in [2.45, 2.75) is 0 Å². The zero-order chi connectivity index (χ0) is 8.84. The van der Waals surface area contributed by atoms with Crippen LogP contribution in [-0.2, 0) is 0 Å². The van der Waals surface area contributed by atoms with E-state index in [1.54, 1.807) is 6.07 Å². The van der Waals surface area contributed by atoms with Crippen molar-refractivity contribution in [3.05, 3.63) is 46.8 Å². The summed E-state index contributed by atoms with van der Waals surface area (Å²) in [5.74, 6) is 0. The summed E-state index contributed by atoms with van der Waals surface area (Å²) >= 11 is 0. The number of hydrogen-bond acceptors (Lipinski definition) is 1. The second-order valence-corrected chi connectivity index (χ2v) is 3.17. The van der Waals surface area contributed by atoms with Crippen molar-refractivity contribution in [2.75, 3.05) is 0 Å². The molecule has 13 heavy (non-hydrogen) atoms. The predicted octanol–water partition coefficient (Wildman–Crippen LogP) is 2.12. The Kier molecular flexibility index (Phi) is 1.08. The van der Waals surface area contributed by atoms with Gasteiger partial charge < -0.3 is 4.98 Å². The van der Waals surface area contributed by atoms with Crippen molar-refractivity contribution in [1.82, 2.24) is 4.98 Å². The molecule has 0 fully saturated rings. The molecule has 0 amide bonds. The highest BCUT2D eigenvalue weighted by molar-refractivity contribution is 6.09. The third kappa shape index (κ3) is 0.746. The van der Waals surface area contributed by atoms with Gasteiger partial charge in [-0.1, -0.05) is 6.07 Å². The topological polar surface area (TPSA) is 32.9 Å². The molecule has 2 aromatic carbocycles. The Morgan fingerprint density at radius 2 is 1.92 bits per heavy atom. The van der Waals surface area contributed by atoms with Crippen LogP contribution in [0.25, 0.3) is 21.7 Å². The summed E-state index contributed by atoms with van der Waals surface area (Å²) in [5, 5.41) is 2.98. The van der Waals surface area contributed by atoms with Crippen LogP contribution >= 0.6 is 0 Å². The van der Waals surface area contributed by atoms with Gasteiger partial charge in [-0.3, -0.25) is 4.79 Å². The van der Waals surface area contributed by atoms with Gasteiger partial charge in [0.15, 0.2) is 5.43 Å². The molecule has 0 aliphatic rings. The highest BCUT2D eigenvalue weighted by atomic mass is 16.1. The molecule has 2 heteroatoms. The van der Waals surface area contributed by atoms with Gasteiger partial charge in [0.25, 0.3) is 0 Å². The number of pyridine rings is 1. The molecule has 3 aromatic rings. The molecule has 1 N–H and O–H groups in total. The van der Waals surface area contributed by atoms with E-state index in [1.165, 1.54) is 0 Å². The van der Waals surface area contributed by atoms with Crippen LogP contribution in [0.2, 0.25) is 0 Å². The highest BCUT2D eigenvalue weighted by Gasteiger charge is 2.04. The van der Waals surface area contributed by atoms with Gasteiger partial charge >= 0.3 is 0 Å². The van der Waals surface area contributed by atoms with E-state index >= 15 is 0 Å². The molecular formula is C11H7NO. The van der Waals surface area contributed by atoms with Crippen LogP contribution in [0.5, 0.6) is 0 Å². The van der Waals surface area contributed by atoms with E-state index < -0.39 is 0 Å². The fraction of sp³-hybridized carbons (Fsp3) is 0. The normalized spacial score (nSPS) is 11.4. The van der Waals surface area contributed by atoms with Crippen LogP contribution in [0.3, 0.4) is 0 Å². The van der Waals surface area contributed by atoms with Crippen molar-refractivity contribution in [2.24, 2.45) is 0 Å². The molecule has 62 valence electrons. The lowest BCUT2D eigenvalue weighted by Crippen LogP contribution is -1.96. The molecule has 0 aliphatic carbocycles. The Labute approximate surface area is 74.2 Å². The van der Waals surface area contributed by atoms with Gasteiger partial charge in [0, 0.05) is 22.5 Å². The van der Waals surface area contributed by atoms with E-state index in [1.807, 2.05) is 30.5 Å². The second kappa shape index (κ2) is 2.10. The lowest BCUT2D eigenvalue weighted by molar-refractivity contribution is 1.44. The maximum Gasteiger partial charge on any atom is 0.186 e. The molecule has 0 saturated heterocycles. The Balaban J connectivity index is 2.81. The molecule has 0 atom stereocenters. The number of hydrogen-bond donors (Lipinski definition) is 1. The summed E-state index contributed by atoms with van der Waals surface area (Å²) in [5.41, 5.74) is 1.13. The van der Waals surface area contributed by atoms with Gasteiger partial charge in [-0.05, 0) is 29.7 Å². The van der Waals surface area contributed by atoms with Crippen LogP contribution in [0.15, 0.2) is 41.3 Å². The highest BCUT2D eigenvalue weighted by Crippen LogP contribution is 2.23. The van der Waals surface area contributed by atoms with Crippen molar-refractivity contribution < 1.29 is 0 Å². The molecule has 0 bridgehead atoms. The van der Waals surface area contributed by atoms with E-state index in [4.69, 9.17) is 0 Å². The summed E-state index contributed by atoms with van der Waals surface area (Å²) in [7, 11) is 0. The maximum absolute atomic E-state index is 11.4. The summed E-state index contributed by atoms with van der Waals surface area (Å²) in [4.78, 5) is 14.5. The van der Waals surface area contributed by atoms with E-state index in [2.05, 4.69) is 4.98 Å². The minimum absolute atomic E-state index is 0.0992. The summed E-state index contributed by atoms with van der Waals surface area (Å²) in [6, 6.07) is 9.28. The van der Waals surface area contributed by atoms with Crippen LogP contribution < -0.4 is 5.43 Å². The third-order valence-corrected chi connectivity index (χ3v) is 2.43. The van der Waals surface area contributed by atoms with Gasteiger partial charge in [0.2, 0.25) is 0 Å². The Hall–Kier alpha value is -1.83. The Bertz CT molecular complexity index is 624. The monoisotopic (exact) mass is 169 g/mol. The number of nitrogens with one attached hydrogen (secondary N) is 1. The average Bonchev–Trinajstić information content (AvgIpc) is 2.57. The third-order valence-electron chi connectivity index (χ3n) is 2.43. The van der Waals surface area contributed by atoms with E-state index in [0.717, 1.165) is 21.7 Å². The quantitative estimate of drug-likeness (QED) is 0.549. The van der Waals surface area contributed by atoms with Crippen LogP contribution in [-0.4, -0.2) is 4.98 Å². The minimum Gasteiger partial charge on any atom is -0.361 e. The summed E-state index contributed by atoms with van der Waals surface area (Å²) < 4.78 is 0. The van der Waals surface area contributed by atoms with Gasteiger partial charge in [-0.25, -0.2) is 0 Å². The number of rotatable bonds is 0. The summed E-state index contributed by atoms with van der Waals surface area (Å²) in [6.45, 7) is 0. The SMILES string of the molecule is O=c1ccc2cc[nH]c3ccc1c23. The van der Waals surface area contributed by atoms with E-state index in [9.17, 15) is 4.79 Å². The smallest absolute Gasteiger partial charge is 0.186 e. The Morgan fingerprint density at radius 3 is 2.85 bits per heavy atom. The fourth-order valence-corrected chi connectivity index (χ4v) is 1.81. The molecule has 0 saturated carbocycles. The predicted molar refractivity (Wildman–Crippen MR) is 53.3 cm³/mol. The molecular weight excluding hydrogens is 162 g/mol. The van der Waals surface area contributed by atoms with Gasteiger partial charge in [0.05, 0.1) is 0 Å². The standard InChI is InChI=1S/C11H7NO/c13-10-4-1-7-5-6-12-9-3-2-8(10)11(7)9/h1-6,12H. The molecule has 1 heterocycles. The van der Waals surface area contributed by atoms with E-state index in [-0.39, 0.29) is 5.43 Å². The molecule has 0 aliphatic heterocycles. The average molecular weight is 169 g/mol. The van der Waals surface area contributed by atoms with E-state index in [0.29, 0.717) is 0 Å². The number of aromatic amines is 1. The molecule has 0 unspecified atom stereocenters. The molecule has 1 aromatic heterocycles. The number of benzene rings is 1. The zero-order valence-corrected chi connectivity index (χ0v) is 6.87. The molecule has 0 radical (unpaired) electrons. The zero-order valence-electron chi connectivity index (χ0n) is 6.87. The van der Waals surface area contributed by atoms with Crippen molar-refractivity contribution in [3.63, 3.8) is 0 Å². The molecule has 3 rings (SSSR count). The minimum atomic E-state index is 0.0992. The van der Waals surface area contributed by atoms with Gasteiger partial charge in [0.1, 0.15) is 0 Å². The van der Waals surface area contributed by atoms with Crippen molar-refractivity contribution >= 4 is 21.7 Å². The largest absolute Gasteiger partial charge is 0.361 e. The first kappa shape index (κ1) is 6.66. The first-order chi connectivity index (χ1) is 6.36. The molecule has 2 nitrogen and oxygen atoms in total. The van der Waals surface area contributed by atoms with Gasteiger partial charge in [-0.2, -0.15) is 0 Å². The van der Waals surface area contributed by atoms with Crippen LogP contribution in [0.4, 0.5) is 0 Å². The lowest BCUT2D eigenvalue weighted by Gasteiger charge is -1.96. The van der Waals surface area contributed by atoms with Crippen molar-refractivity contribution in [1.29, 1.82) is 0 Å². The first-order valence-electron chi connectivity index (χ1n) is 4.19. The Morgan fingerprint density at radius 1 is 1.00 bits per heavy atom. The fourth-order valence-electron chi connectivity index (χ4n) is 1.81. The van der Waals surface area contributed by atoms with Crippen molar-refractivity contribution in [3.8, 4) is 0 Å². The molecule has 0 spiro atoms. The number of H-pyrrole nitrogens is 1. The van der Waals surface area contributed by atoms with Crippen LogP contribution in [0, 0.1) is 0 Å². The van der Waals surface area contributed by atoms with Crippen LogP contribution in [0.1, 0.15) is 0 Å². The maximum atomic E-state index is 11.4. The first-order valence-corrected chi connectivity index (χ1v) is 4.19. The number of aromatic nitrogens is 1. The summed E-state index contributed by atoms with van der Waals surface area (Å²) in [6.07, 6.45) is 1.89.